The third-order valence-electron chi connectivity index (χ3n) is 13.4. The van der Waals surface area contributed by atoms with E-state index in [-0.39, 0.29) is 68.1 Å². The number of carbonyl (C=O) groups is 4. The monoisotopic (exact) mass is 795 g/mol. The van der Waals surface area contributed by atoms with Crippen LogP contribution in [0.1, 0.15) is 115 Å². The molecule has 7 atom stereocenters. The number of likely N-dealkylation sites (tertiary alicyclic amines) is 1. The maximum atomic E-state index is 14.8. The summed E-state index contributed by atoms with van der Waals surface area (Å²) < 4.78 is 25.1. The fourth-order valence-electron chi connectivity index (χ4n) is 9.84. The largest absolute Gasteiger partial charge is 0.491 e. The molecule has 0 unspecified atom stereocenters. The highest BCUT2D eigenvalue weighted by atomic mass is 16.6. The summed E-state index contributed by atoms with van der Waals surface area (Å²) in [6.07, 6.45) is 19.8. The third-order valence-corrected chi connectivity index (χ3v) is 13.4. The van der Waals surface area contributed by atoms with Crippen LogP contribution in [0.3, 0.4) is 0 Å². The van der Waals surface area contributed by atoms with Crippen molar-refractivity contribution in [2.75, 3.05) is 39.4 Å². The van der Waals surface area contributed by atoms with E-state index in [9.17, 15) is 19.2 Å². The van der Waals surface area contributed by atoms with Gasteiger partial charge in [-0.15, -0.1) is 0 Å². The number of hydrogen-bond acceptors (Lipinski definition) is 10. The molecule has 1 amide bonds. The van der Waals surface area contributed by atoms with Crippen molar-refractivity contribution in [1.82, 2.24) is 14.8 Å². The number of para-hydroxylation sites is 1. The van der Waals surface area contributed by atoms with Gasteiger partial charge < -0.3 is 23.8 Å². The molecule has 0 spiro atoms. The third kappa shape index (κ3) is 9.29. The standard InChI is InChI=1S/C47H61N3O8/c1-2-55-46(54)47-29-34(47)18-10-5-3-4-8-17-33-27-42(52)58-41-26-32(41)16-9-6-11-20-37-43(56-25-24-49-22-14-7-15-23-49)36-19-12-13-21-38(36)48-44(37)57-35-28-39(40(51)30-47)50(31-35)45(33)53/h10-13,18-21,32-35,39,41H,2-9,14-17,22-31H2,1H3/b18-10-,20-11+/t32-,33-,34-,35-,39+,41-,47-/m1/s1. The van der Waals surface area contributed by atoms with Crippen LogP contribution in [0.2, 0.25) is 0 Å². The number of amides is 1. The van der Waals surface area contributed by atoms with Crippen LogP contribution in [0.5, 0.6) is 11.6 Å². The number of nitrogens with zero attached hydrogens (tertiary/aromatic N) is 3. The van der Waals surface area contributed by atoms with Crippen molar-refractivity contribution in [3.05, 3.63) is 48.1 Å². The van der Waals surface area contributed by atoms with Crippen molar-refractivity contribution in [1.29, 1.82) is 0 Å². The number of ether oxygens (including phenoxy) is 4. The van der Waals surface area contributed by atoms with Gasteiger partial charge >= 0.3 is 11.9 Å². The fraction of sp³-hybridized carbons (Fsp3) is 0.638. The number of Topliss-reactive ketones (excluding diaryl/α,β-unsaturated/α-hetero) is 1. The van der Waals surface area contributed by atoms with E-state index in [0.29, 0.717) is 31.2 Å². The van der Waals surface area contributed by atoms with Gasteiger partial charge in [0.2, 0.25) is 11.8 Å². The van der Waals surface area contributed by atoms with Gasteiger partial charge in [0.1, 0.15) is 24.6 Å². The molecule has 4 fully saturated rings. The van der Waals surface area contributed by atoms with E-state index in [4.69, 9.17) is 23.9 Å². The minimum atomic E-state index is -0.938. The van der Waals surface area contributed by atoms with Gasteiger partial charge in [0.25, 0.3) is 0 Å². The van der Waals surface area contributed by atoms with Gasteiger partial charge in [-0.25, -0.2) is 4.98 Å². The molecule has 2 aromatic rings. The first-order valence-electron chi connectivity index (χ1n) is 22.3. The molecule has 0 radical (unpaired) electrons. The molecule has 58 heavy (non-hydrogen) atoms. The predicted octanol–water partition coefficient (Wildman–Crippen LogP) is 7.63. The van der Waals surface area contributed by atoms with Crippen LogP contribution in [0, 0.1) is 23.2 Å². The number of rotatable bonds is 6. The zero-order valence-electron chi connectivity index (χ0n) is 34.2. The lowest BCUT2D eigenvalue weighted by molar-refractivity contribution is -0.154. The minimum absolute atomic E-state index is 0.0169. The lowest BCUT2D eigenvalue weighted by atomic mass is 9.91. The van der Waals surface area contributed by atoms with E-state index >= 15 is 0 Å². The summed E-state index contributed by atoms with van der Waals surface area (Å²) in [6, 6.07) is 7.12. The van der Waals surface area contributed by atoms with Gasteiger partial charge in [-0.3, -0.25) is 24.1 Å². The smallest absolute Gasteiger partial charge is 0.313 e. The van der Waals surface area contributed by atoms with Crippen LogP contribution in [0.25, 0.3) is 17.0 Å². The summed E-state index contributed by atoms with van der Waals surface area (Å²) in [5.41, 5.74) is 0.560. The molecule has 5 heterocycles. The Morgan fingerprint density at radius 1 is 0.948 bits per heavy atom. The van der Waals surface area contributed by atoms with Gasteiger partial charge in [-0.05, 0) is 114 Å². The fourth-order valence-corrected chi connectivity index (χ4v) is 9.84. The number of fused-ring (bicyclic) bond motifs is 6. The predicted molar refractivity (Wildman–Crippen MR) is 220 cm³/mol. The highest BCUT2D eigenvalue weighted by Crippen LogP contribution is 2.58. The zero-order chi connectivity index (χ0) is 40.1. The lowest BCUT2D eigenvalue weighted by Gasteiger charge is -2.28. The van der Waals surface area contributed by atoms with E-state index in [2.05, 4.69) is 29.2 Å². The maximum absolute atomic E-state index is 14.8. The Kier molecular flexibility index (Phi) is 12.8. The summed E-state index contributed by atoms with van der Waals surface area (Å²) in [7, 11) is 0. The molecule has 11 nitrogen and oxygen atoms in total. The number of aromatic nitrogens is 1. The number of carbonyl (C=O) groups excluding carboxylic acids is 4. The normalized spacial score (nSPS) is 32.2. The Labute approximate surface area is 342 Å². The topological polar surface area (TPSA) is 125 Å². The van der Waals surface area contributed by atoms with Crippen LogP contribution in [0.15, 0.2) is 42.5 Å². The molecule has 2 saturated heterocycles. The zero-order valence-corrected chi connectivity index (χ0v) is 34.2. The van der Waals surface area contributed by atoms with Gasteiger partial charge in [0, 0.05) is 30.7 Å². The Hall–Kier alpha value is -4.25. The molecule has 3 bridgehead atoms. The first kappa shape index (κ1) is 40.5. The van der Waals surface area contributed by atoms with Gasteiger partial charge in [0.15, 0.2) is 5.78 Å². The SMILES string of the molecule is CCOC(=O)[C@]12CC(=O)[C@@H]3C[C@@H]4CN3C(=O)[C@H](CCCCC/C=C\[C@@H]1C2)CC(=O)O[C@@H]1C[C@H]1CCC/C=C/c1c(nc2ccccc2c1OCCN1CCCCC1)O4. The van der Waals surface area contributed by atoms with Crippen molar-refractivity contribution in [3.8, 4) is 11.6 Å². The molecular weight excluding hydrogens is 735 g/mol. The van der Waals surface area contributed by atoms with Gasteiger partial charge in [0.05, 0.1) is 42.1 Å². The van der Waals surface area contributed by atoms with Crippen LogP contribution in [-0.2, 0) is 28.7 Å². The highest BCUT2D eigenvalue weighted by Gasteiger charge is 2.61. The van der Waals surface area contributed by atoms with E-state index < -0.39 is 23.5 Å². The summed E-state index contributed by atoms with van der Waals surface area (Å²) in [5.74, 6) is -0.358. The van der Waals surface area contributed by atoms with Gasteiger partial charge in [-0.2, -0.15) is 0 Å². The molecule has 6 aliphatic rings. The molecule has 312 valence electrons. The molecule has 1 aromatic carbocycles. The van der Waals surface area contributed by atoms with Crippen LogP contribution >= 0.6 is 0 Å². The second kappa shape index (κ2) is 18.3. The van der Waals surface area contributed by atoms with Crippen LogP contribution < -0.4 is 9.47 Å². The van der Waals surface area contributed by atoms with Crippen molar-refractivity contribution in [2.45, 2.75) is 128 Å². The Morgan fingerprint density at radius 3 is 2.64 bits per heavy atom. The van der Waals surface area contributed by atoms with E-state index in [1.807, 2.05) is 24.3 Å². The van der Waals surface area contributed by atoms with E-state index in [1.54, 1.807) is 11.8 Å². The molecule has 4 aliphatic heterocycles. The van der Waals surface area contributed by atoms with E-state index in [1.165, 1.54) is 19.3 Å². The number of esters is 2. The maximum Gasteiger partial charge on any atom is 0.313 e. The van der Waals surface area contributed by atoms with Gasteiger partial charge in [-0.1, -0.05) is 49.6 Å². The second-order valence-corrected chi connectivity index (χ2v) is 17.6. The number of ketones is 1. The number of allylic oxidation sites excluding steroid dienone is 3. The average Bonchev–Trinajstić information content (AvgIpc) is 4.09. The first-order valence-corrected chi connectivity index (χ1v) is 22.3. The summed E-state index contributed by atoms with van der Waals surface area (Å²) in [6.45, 7) is 5.69. The van der Waals surface area contributed by atoms with E-state index in [0.717, 1.165) is 93.2 Å². The summed E-state index contributed by atoms with van der Waals surface area (Å²) >= 11 is 0. The number of pyridine rings is 1. The molecule has 0 N–H and O–H groups in total. The van der Waals surface area contributed by atoms with Crippen molar-refractivity contribution < 1.29 is 38.1 Å². The Balaban J connectivity index is 1.14. The Bertz CT molecular complexity index is 1890. The first-order chi connectivity index (χ1) is 28.3. The number of piperidine rings is 1. The molecule has 1 aromatic heterocycles. The Morgan fingerprint density at radius 2 is 1.78 bits per heavy atom. The van der Waals surface area contributed by atoms with Crippen molar-refractivity contribution >= 4 is 40.6 Å². The number of hydrogen-bond donors (Lipinski definition) is 0. The number of benzene rings is 1. The molecule has 2 aliphatic carbocycles. The lowest BCUT2D eigenvalue weighted by Crippen LogP contribution is -2.45. The van der Waals surface area contributed by atoms with Crippen LogP contribution in [0.4, 0.5) is 0 Å². The quantitative estimate of drug-likeness (QED) is 0.213. The molecule has 2 saturated carbocycles. The summed E-state index contributed by atoms with van der Waals surface area (Å²) in [5, 5.41) is 0.905. The molecule has 11 heteroatoms. The molecular formula is C47H61N3O8. The van der Waals surface area contributed by atoms with Crippen molar-refractivity contribution in [2.24, 2.45) is 23.2 Å². The van der Waals surface area contributed by atoms with Crippen molar-refractivity contribution in [3.63, 3.8) is 0 Å². The summed E-state index contributed by atoms with van der Waals surface area (Å²) in [4.78, 5) is 65.5. The minimum Gasteiger partial charge on any atom is -0.491 e. The second-order valence-electron chi connectivity index (χ2n) is 17.6. The average molecular weight is 796 g/mol. The molecule has 8 rings (SSSR count). The highest BCUT2D eigenvalue weighted by molar-refractivity contribution is 5.96. The van der Waals surface area contributed by atoms with Crippen LogP contribution in [-0.4, -0.2) is 96.1 Å².